The summed E-state index contributed by atoms with van der Waals surface area (Å²) in [5, 5.41) is 9.50. The lowest BCUT2D eigenvalue weighted by Crippen LogP contribution is -2.21. The van der Waals surface area contributed by atoms with E-state index in [-0.39, 0.29) is 11.8 Å². The largest absolute Gasteiger partial charge is 0.440 e. The van der Waals surface area contributed by atoms with Gasteiger partial charge in [0, 0.05) is 17.3 Å². The van der Waals surface area contributed by atoms with Crippen LogP contribution in [0.3, 0.4) is 0 Å². The minimum Gasteiger partial charge on any atom is -0.440 e. The number of benzene rings is 2. The maximum absolute atomic E-state index is 9.50. The van der Waals surface area contributed by atoms with Crippen molar-refractivity contribution in [1.29, 1.82) is 5.26 Å². The molecule has 4 heteroatoms. The zero-order chi connectivity index (χ0) is 15.9. The Balaban J connectivity index is 2.23. The minimum atomic E-state index is -0.228. The highest BCUT2D eigenvalue weighted by Gasteiger charge is 2.30. The number of nitrogens with two attached hydrogens (primary N) is 2. The summed E-state index contributed by atoms with van der Waals surface area (Å²) < 4.78 is 5.58. The molecule has 110 valence electrons. The molecular weight excluding hydrogens is 274 g/mol. The molecule has 1 heterocycles. The van der Waals surface area contributed by atoms with Crippen molar-refractivity contribution < 1.29 is 4.74 Å². The van der Waals surface area contributed by atoms with Crippen LogP contribution in [0, 0.1) is 25.2 Å². The molecule has 22 heavy (non-hydrogen) atoms. The Morgan fingerprint density at radius 1 is 1.05 bits per heavy atom. The van der Waals surface area contributed by atoms with Gasteiger partial charge in [0.25, 0.3) is 0 Å². The number of hydrogen-bond acceptors (Lipinski definition) is 4. The highest BCUT2D eigenvalue weighted by atomic mass is 16.5. The smallest absolute Gasteiger partial charge is 0.205 e. The van der Waals surface area contributed by atoms with E-state index in [1.807, 2.05) is 18.2 Å². The van der Waals surface area contributed by atoms with Crippen molar-refractivity contribution >= 4 is 5.69 Å². The molecule has 0 saturated heterocycles. The Morgan fingerprint density at radius 2 is 1.82 bits per heavy atom. The van der Waals surface area contributed by atoms with Crippen molar-refractivity contribution in [3.63, 3.8) is 0 Å². The third kappa shape index (κ3) is 2.17. The van der Waals surface area contributed by atoms with Gasteiger partial charge in [0.15, 0.2) is 0 Å². The molecule has 0 aliphatic carbocycles. The third-order valence-corrected chi connectivity index (χ3v) is 4.11. The van der Waals surface area contributed by atoms with Gasteiger partial charge >= 0.3 is 0 Å². The molecule has 0 saturated carbocycles. The Labute approximate surface area is 129 Å². The summed E-state index contributed by atoms with van der Waals surface area (Å²) in [6, 6.07) is 13.8. The predicted molar refractivity (Wildman–Crippen MR) is 86.1 cm³/mol. The van der Waals surface area contributed by atoms with E-state index in [0.717, 1.165) is 11.1 Å². The molecule has 2 aromatic carbocycles. The lowest BCUT2D eigenvalue weighted by atomic mass is 9.82. The fourth-order valence-electron chi connectivity index (χ4n) is 2.76. The van der Waals surface area contributed by atoms with Gasteiger partial charge in [-0.3, -0.25) is 0 Å². The van der Waals surface area contributed by atoms with Gasteiger partial charge in [-0.25, -0.2) is 0 Å². The van der Waals surface area contributed by atoms with Crippen LogP contribution in [-0.2, 0) is 0 Å². The molecule has 3 rings (SSSR count). The van der Waals surface area contributed by atoms with Crippen LogP contribution in [0.1, 0.15) is 28.2 Å². The highest BCUT2D eigenvalue weighted by Crippen LogP contribution is 2.42. The summed E-state index contributed by atoms with van der Waals surface area (Å²) >= 11 is 0. The quantitative estimate of drug-likeness (QED) is 0.791. The van der Waals surface area contributed by atoms with Crippen LogP contribution in [0.2, 0.25) is 0 Å². The van der Waals surface area contributed by atoms with E-state index in [1.54, 1.807) is 6.07 Å². The maximum Gasteiger partial charge on any atom is 0.205 e. The van der Waals surface area contributed by atoms with Crippen LogP contribution in [-0.4, -0.2) is 0 Å². The van der Waals surface area contributed by atoms with Gasteiger partial charge in [-0.15, -0.1) is 0 Å². The van der Waals surface area contributed by atoms with Crippen LogP contribution in [0.15, 0.2) is 47.9 Å². The fraction of sp³-hybridized carbons (Fsp3) is 0.167. The number of hydrogen-bond donors (Lipinski definition) is 2. The second kappa shape index (κ2) is 5.12. The zero-order valence-electron chi connectivity index (χ0n) is 12.6. The summed E-state index contributed by atoms with van der Waals surface area (Å²) in [4.78, 5) is 0. The molecule has 0 fully saturated rings. The van der Waals surface area contributed by atoms with Crippen molar-refractivity contribution in [3.05, 3.63) is 70.1 Å². The van der Waals surface area contributed by atoms with Crippen LogP contribution in [0.25, 0.3) is 0 Å². The first-order valence-corrected chi connectivity index (χ1v) is 7.05. The first-order valence-electron chi connectivity index (χ1n) is 7.05. The zero-order valence-corrected chi connectivity index (χ0v) is 12.6. The monoisotopic (exact) mass is 291 g/mol. The molecule has 0 aromatic heterocycles. The summed E-state index contributed by atoms with van der Waals surface area (Å²) in [6.07, 6.45) is 0. The molecule has 0 amide bonds. The first kappa shape index (κ1) is 14.0. The molecule has 0 radical (unpaired) electrons. The van der Waals surface area contributed by atoms with Gasteiger partial charge in [0.1, 0.15) is 17.4 Å². The van der Waals surface area contributed by atoms with Gasteiger partial charge in [-0.2, -0.15) is 5.26 Å². The molecule has 1 unspecified atom stereocenters. The topological polar surface area (TPSA) is 85.1 Å². The van der Waals surface area contributed by atoms with Crippen LogP contribution >= 0.6 is 0 Å². The molecular formula is C18H17N3O. The molecule has 1 aliphatic heterocycles. The van der Waals surface area contributed by atoms with E-state index in [2.05, 4.69) is 32.0 Å². The Bertz CT molecular complexity index is 831. The van der Waals surface area contributed by atoms with Gasteiger partial charge in [-0.1, -0.05) is 24.3 Å². The Hall–Kier alpha value is -2.93. The number of allylic oxidation sites excluding steroid dienone is 1. The number of nitrogen functional groups attached to an aromatic ring is 1. The second-order valence-electron chi connectivity index (χ2n) is 5.57. The number of nitrogens with zero attached hydrogens (tertiary/aromatic N) is 1. The summed E-state index contributed by atoms with van der Waals surface area (Å²) in [5.74, 6) is 0.525. The second-order valence-corrected chi connectivity index (χ2v) is 5.57. The van der Waals surface area contributed by atoms with Gasteiger partial charge in [0.05, 0.1) is 5.92 Å². The normalized spacial score (nSPS) is 16.7. The lowest BCUT2D eigenvalue weighted by molar-refractivity contribution is 0.394. The number of rotatable bonds is 1. The van der Waals surface area contributed by atoms with Crippen LogP contribution in [0.4, 0.5) is 5.69 Å². The number of anilines is 1. The molecule has 1 atom stereocenters. The van der Waals surface area contributed by atoms with Crippen LogP contribution < -0.4 is 16.2 Å². The van der Waals surface area contributed by atoms with Crippen molar-refractivity contribution in [2.45, 2.75) is 19.8 Å². The molecule has 4 N–H and O–H groups in total. The van der Waals surface area contributed by atoms with Crippen molar-refractivity contribution in [2.75, 3.05) is 5.73 Å². The molecule has 1 aliphatic rings. The number of ether oxygens (including phenoxy) is 1. The molecule has 0 bridgehead atoms. The Kier molecular flexibility index (Phi) is 3.26. The van der Waals surface area contributed by atoms with Gasteiger partial charge < -0.3 is 16.2 Å². The molecule has 2 aromatic rings. The standard InChI is InChI=1S/C18H17N3O/c1-10-3-4-12(7-11(10)2)17-14-6-5-13(20)8-16(14)22-18(21)15(17)9-19/h3-8,17H,20-21H2,1-2H3. The number of nitriles is 1. The number of fused-ring (bicyclic) bond motifs is 1. The first-order chi connectivity index (χ1) is 10.5. The molecule has 4 nitrogen and oxygen atoms in total. The molecule has 0 spiro atoms. The van der Waals surface area contributed by atoms with E-state index in [0.29, 0.717) is 17.0 Å². The number of aryl methyl sites for hydroxylation is 2. The maximum atomic E-state index is 9.50. The average Bonchev–Trinajstić information content (AvgIpc) is 2.48. The predicted octanol–water partition coefficient (Wildman–Crippen LogP) is 3.10. The van der Waals surface area contributed by atoms with E-state index >= 15 is 0 Å². The van der Waals surface area contributed by atoms with Crippen molar-refractivity contribution in [2.24, 2.45) is 5.73 Å². The lowest BCUT2D eigenvalue weighted by Gasteiger charge is -2.27. The van der Waals surface area contributed by atoms with Gasteiger partial charge in [0.2, 0.25) is 5.88 Å². The third-order valence-electron chi connectivity index (χ3n) is 4.11. The van der Waals surface area contributed by atoms with E-state index in [1.165, 1.54) is 11.1 Å². The van der Waals surface area contributed by atoms with Crippen LogP contribution in [0.5, 0.6) is 5.75 Å². The Morgan fingerprint density at radius 3 is 2.50 bits per heavy atom. The summed E-state index contributed by atoms with van der Waals surface area (Å²) in [5.41, 5.74) is 17.1. The van der Waals surface area contributed by atoms with E-state index in [4.69, 9.17) is 16.2 Å². The van der Waals surface area contributed by atoms with Crippen molar-refractivity contribution in [3.8, 4) is 11.8 Å². The van der Waals surface area contributed by atoms with Crippen molar-refractivity contribution in [1.82, 2.24) is 0 Å². The van der Waals surface area contributed by atoms with Gasteiger partial charge in [-0.05, 0) is 36.6 Å². The van der Waals surface area contributed by atoms with E-state index in [9.17, 15) is 5.26 Å². The summed E-state index contributed by atoms with van der Waals surface area (Å²) in [6.45, 7) is 4.12. The highest BCUT2D eigenvalue weighted by molar-refractivity contribution is 5.59. The minimum absolute atomic E-state index is 0.142. The fourth-order valence-corrected chi connectivity index (χ4v) is 2.76. The average molecular weight is 291 g/mol. The SMILES string of the molecule is Cc1ccc(C2C(C#N)=C(N)Oc3cc(N)ccc32)cc1C. The summed E-state index contributed by atoms with van der Waals surface area (Å²) in [7, 11) is 0. The van der Waals surface area contributed by atoms with E-state index < -0.39 is 0 Å².